The molecule has 0 aromatic heterocycles. The van der Waals surface area contributed by atoms with E-state index in [9.17, 15) is 5.11 Å². The second-order valence-corrected chi connectivity index (χ2v) is 10.9. The number of nitrogens with two attached hydrogens (primary N) is 1. The SMILES string of the molecule is CC(=NNC(N)=S)[C@H]1CC[C@@H]2[C@H]3CC[C@H]4C[C@@H](O)CC[C@]4(C)[C@@H]3CC[C@]12C. The molecule has 0 radical (unpaired) electrons. The van der Waals surface area contributed by atoms with Crippen LogP contribution in [0, 0.1) is 40.4 Å². The Morgan fingerprint density at radius 1 is 1.04 bits per heavy atom. The van der Waals surface area contributed by atoms with Crippen LogP contribution in [0.4, 0.5) is 0 Å². The molecular weight excluding hydrogens is 354 g/mol. The van der Waals surface area contributed by atoms with Gasteiger partial charge in [0.15, 0.2) is 5.11 Å². The normalized spacial score (nSPS) is 49.7. The van der Waals surface area contributed by atoms with Crippen LogP contribution in [0.25, 0.3) is 0 Å². The predicted octanol–water partition coefficient (Wildman–Crippen LogP) is 4.22. The van der Waals surface area contributed by atoms with Crippen LogP contribution >= 0.6 is 12.2 Å². The van der Waals surface area contributed by atoms with Gasteiger partial charge in [-0.3, -0.25) is 5.43 Å². The zero-order valence-electron chi connectivity index (χ0n) is 17.2. The van der Waals surface area contributed by atoms with Crippen LogP contribution in [-0.4, -0.2) is 22.0 Å². The summed E-state index contributed by atoms with van der Waals surface area (Å²) < 4.78 is 0. The first-order valence-corrected chi connectivity index (χ1v) is 11.4. The van der Waals surface area contributed by atoms with E-state index in [1.165, 1.54) is 50.7 Å². The van der Waals surface area contributed by atoms with Crippen molar-refractivity contribution in [1.82, 2.24) is 5.43 Å². The van der Waals surface area contributed by atoms with E-state index in [0.717, 1.165) is 36.5 Å². The fraction of sp³-hybridized carbons (Fsp3) is 0.909. The summed E-state index contributed by atoms with van der Waals surface area (Å²) in [6.45, 7) is 7.25. The summed E-state index contributed by atoms with van der Waals surface area (Å²) in [4.78, 5) is 0. The Bertz CT molecular complexity index is 637. The first-order valence-electron chi connectivity index (χ1n) is 11.0. The minimum absolute atomic E-state index is 0.0515. The standard InChI is InChI=1S/C22H37N3OS/c1-13(24-25-20(23)27)17-6-7-18-16-5-4-14-12-15(26)8-10-21(14,2)19(16)9-11-22(17,18)3/h14-19,26H,4-12H2,1-3H3,(H3,23,25,27)/t14-,15-,16+,17+,18+,19+,21-,22+/m0/s1. The van der Waals surface area contributed by atoms with Crippen molar-refractivity contribution in [3.63, 3.8) is 0 Å². The molecule has 0 unspecified atom stereocenters. The third kappa shape index (κ3) is 3.13. The molecule has 0 aliphatic heterocycles. The lowest BCUT2D eigenvalue weighted by atomic mass is 9.44. The topological polar surface area (TPSA) is 70.6 Å². The molecule has 4 aliphatic carbocycles. The molecule has 0 bridgehead atoms. The highest BCUT2D eigenvalue weighted by Gasteiger charge is 2.60. The predicted molar refractivity (Wildman–Crippen MR) is 114 cm³/mol. The van der Waals surface area contributed by atoms with Crippen molar-refractivity contribution in [2.75, 3.05) is 0 Å². The molecule has 4 nitrogen and oxygen atoms in total. The zero-order chi connectivity index (χ0) is 19.4. The van der Waals surface area contributed by atoms with Gasteiger partial charge in [-0.1, -0.05) is 13.8 Å². The van der Waals surface area contributed by atoms with E-state index in [1.54, 1.807) is 0 Å². The summed E-state index contributed by atoms with van der Waals surface area (Å²) in [6.07, 6.45) is 11.2. The summed E-state index contributed by atoms with van der Waals surface area (Å²) in [5, 5.41) is 15.0. The van der Waals surface area contributed by atoms with Gasteiger partial charge >= 0.3 is 0 Å². The number of nitrogens with one attached hydrogen (secondary N) is 1. The Balaban J connectivity index is 1.55. The van der Waals surface area contributed by atoms with E-state index in [2.05, 4.69) is 31.3 Å². The molecule has 4 aliphatic rings. The molecule has 0 heterocycles. The van der Waals surface area contributed by atoms with Gasteiger partial charge in [-0.05, 0) is 111 Å². The van der Waals surface area contributed by atoms with E-state index >= 15 is 0 Å². The Morgan fingerprint density at radius 3 is 2.48 bits per heavy atom. The second kappa shape index (κ2) is 6.98. The maximum Gasteiger partial charge on any atom is 0.184 e. The summed E-state index contributed by atoms with van der Waals surface area (Å²) in [5.41, 5.74) is 10.4. The van der Waals surface area contributed by atoms with Crippen LogP contribution in [0.5, 0.6) is 0 Å². The summed E-state index contributed by atoms with van der Waals surface area (Å²) in [7, 11) is 0. The van der Waals surface area contributed by atoms with Crippen molar-refractivity contribution in [2.45, 2.75) is 84.7 Å². The molecule has 152 valence electrons. The van der Waals surface area contributed by atoms with Gasteiger partial charge in [0.1, 0.15) is 0 Å². The lowest BCUT2D eigenvalue weighted by Crippen LogP contribution is -2.54. The largest absolute Gasteiger partial charge is 0.393 e. The van der Waals surface area contributed by atoms with Gasteiger partial charge < -0.3 is 10.8 Å². The molecule has 8 atom stereocenters. The number of rotatable bonds is 2. The number of thiocarbonyl (C=S) groups is 1. The van der Waals surface area contributed by atoms with Gasteiger partial charge in [-0.2, -0.15) is 5.10 Å². The number of fused-ring (bicyclic) bond motifs is 5. The van der Waals surface area contributed by atoms with Gasteiger partial charge in [0.25, 0.3) is 0 Å². The van der Waals surface area contributed by atoms with E-state index in [0.29, 0.717) is 16.7 Å². The molecule has 0 aromatic rings. The second-order valence-electron chi connectivity index (χ2n) is 10.5. The molecule has 0 spiro atoms. The Hall–Kier alpha value is -0.680. The van der Waals surface area contributed by atoms with Crippen LogP contribution in [0.15, 0.2) is 5.10 Å². The zero-order valence-corrected chi connectivity index (χ0v) is 18.0. The van der Waals surface area contributed by atoms with Gasteiger partial charge in [0.2, 0.25) is 0 Å². The van der Waals surface area contributed by atoms with Gasteiger partial charge in [-0.25, -0.2) is 0 Å². The van der Waals surface area contributed by atoms with Crippen LogP contribution in [-0.2, 0) is 0 Å². The van der Waals surface area contributed by atoms with Crippen LogP contribution in [0.3, 0.4) is 0 Å². The third-order valence-corrected chi connectivity index (χ3v) is 9.58. The fourth-order valence-corrected chi connectivity index (χ4v) is 8.19. The van der Waals surface area contributed by atoms with Crippen LogP contribution in [0.1, 0.15) is 78.6 Å². The van der Waals surface area contributed by atoms with E-state index in [1.807, 2.05) is 0 Å². The molecule has 4 N–H and O–H groups in total. The Kier molecular flexibility index (Phi) is 5.07. The van der Waals surface area contributed by atoms with Gasteiger partial charge in [0.05, 0.1) is 6.10 Å². The first-order chi connectivity index (χ1) is 12.8. The average molecular weight is 392 g/mol. The van der Waals surface area contributed by atoms with E-state index in [4.69, 9.17) is 18.0 Å². The molecule has 5 heteroatoms. The summed E-state index contributed by atoms with van der Waals surface area (Å²) in [6, 6.07) is 0. The first kappa shape index (κ1) is 19.6. The van der Waals surface area contributed by atoms with Crippen molar-refractivity contribution in [3.8, 4) is 0 Å². The average Bonchev–Trinajstić information content (AvgIpc) is 2.97. The molecule has 0 amide bonds. The number of aliphatic hydroxyl groups is 1. The fourth-order valence-electron chi connectivity index (χ4n) is 8.14. The number of hydrogen-bond donors (Lipinski definition) is 3. The minimum atomic E-state index is -0.0515. The smallest absolute Gasteiger partial charge is 0.184 e. The Labute approximate surface area is 169 Å². The quantitative estimate of drug-likeness (QED) is 0.374. The molecule has 4 saturated carbocycles. The van der Waals surface area contributed by atoms with Crippen LogP contribution < -0.4 is 11.2 Å². The van der Waals surface area contributed by atoms with E-state index < -0.39 is 0 Å². The minimum Gasteiger partial charge on any atom is -0.393 e. The molecule has 27 heavy (non-hydrogen) atoms. The molecule has 4 fully saturated rings. The van der Waals surface area contributed by atoms with Crippen molar-refractivity contribution in [3.05, 3.63) is 0 Å². The number of aliphatic hydroxyl groups excluding tert-OH is 1. The Morgan fingerprint density at radius 2 is 1.74 bits per heavy atom. The highest BCUT2D eigenvalue weighted by molar-refractivity contribution is 7.80. The van der Waals surface area contributed by atoms with Crippen molar-refractivity contribution in [1.29, 1.82) is 0 Å². The summed E-state index contributed by atoms with van der Waals surface area (Å²) >= 11 is 4.92. The monoisotopic (exact) mass is 391 g/mol. The maximum atomic E-state index is 10.2. The summed E-state index contributed by atoms with van der Waals surface area (Å²) in [5.74, 6) is 3.82. The number of hydrogen-bond acceptors (Lipinski definition) is 3. The van der Waals surface area contributed by atoms with Crippen molar-refractivity contribution in [2.24, 2.45) is 51.3 Å². The highest BCUT2D eigenvalue weighted by atomic mass is 32.1. The van der Waals surface area contributed by atoms with Crippen molar-refractivity contribution >= 4 is 23.0 Å². The van der Waals surface area contributed by atoms with Crippen molar-refractivity contribution < 1.29 is 5.11 Å². The van der Waals surface area contributed by atoms with Crippen LogP contribution in [0.2, 0.25) is 0 Å². The van der Waals surface area contributed by atoms with Gasteiger partial charge in [0, 0.05) is 11.6 Å². The molecule has 0 saturated heterocycles. The maximum absolute atomic E-state index is 10.2. The molecule has 0 aromatic carbocycles. The molecular formula is C22H37N3OS. The lowest BCUT2D eigenvalue weighted by molar-refractivity contribution is -0.123. The highest BCUT2D eigenvalue weighted by Crippen LogP contribution is 2.67. The number of hydrazone groups is 1. The van der Waals surface area contributed by atoms with E-state index in [-0.39, 0.29) is 11.2 Å². The molecule has 4 rings (SSSR count). The van der Waals surface area contributed by atoms with Gasteiger partial charge in [-0.15, -0.1) is 0 Å². The lowest BCUT2D eigenvalue weighted by Gasteiger charge is -2.61. The third-order valence-electron chi connectivity index (χ3n) is 9.48. The number of nitrogens with zero attached hydrogens (tertiary/aromatic N) is 1.